The topological polar surface area (TPSA) is 40.5 Å². The van der Waals surface area contributed by atoms with E-state index in [2.05, 4.69) is 6.07 Å². The molecule has 0 atom stereocenters. The van der Waals surface area contributed by atoms with Gasteiger partial charge < -0.3 is 10.2 Å². The third-order valence-corrected chi connectivity index (χ3v) is 3.59. The summed E-state index contributed by atoms with van der Waals surface area (Å²) in [7, 11) is 0. The van der Waals surface area contributed by atoms with Crippen LogP contribution < -0.4 is 0 Å². The van der Waals surface area contributed by atoms with E-state index < -0.39 is 5.60 Å². The van der Waals surface area contributed by atoms with Gasteiger partial charge in [0.1, 0.15) is 0 Å². The van der Waals surface area contributed by atoms with Crippen LogP contribution in [0.25, 0.3) is 0 Å². The molecule has 2 aromatic rings. The molecule has 0 saturated carbocycles. The van der Waals surface area contributed by atoms with Gasteiger partial charge in [-0.05, 0) is 49.4 Å². The SMILES string of the molecule is Cc1ccc(CO)c(Cc2ccccc2C(C)(C)O)c1. The summed E-state index contributed by atoms with van der Waals surface area (Å²) in [6, 6.07) is 14.0. The van der Waals surface area contributed by atoms with E-state index in [1.165, 1.54) is 5.56 Å². The van der Waals surface area contributed by atoms with Crippen LogP contribution in [0, 0.1) is 6.92 Å². The number of rotatable bonds is 4. The van der Waals surface area contributed by atoms with Crippen LogP contribution in [0.4, 0.5) is 0 Å². The maximum atomic E-state index is 10.3. The molecule has 0 spiro atoms. The van der Waals surface area contributed by atoms with E-state index in [0.717, 1.165) is 28.7 Å². The van der Waals surface area contributed by atoms with Gasteiger partial charge >= 0.3 is 0 Å². The van der Waals surface area contributed by atoms with Gasteiger partial charge in [-0.3, -0.25) is 0 Å². The smallest absolute Gasteiger partial charge is 0.0843 e. The van der Waals surface area contributed by atoms with E-state index >= 15 is 0 Å². The highest BCUT2D eigenvalue weighted by molar-refractivity contribution is 5.40. The third-order valence-electron chi connectivity index (χ3n) is 3.59. The molecule has 0 unspecified atom stereocenters. The Bertz CT molecular complexity index is 595. The fourth-order valence-electron chi connectivity index (χ4n) is 2.55. The van der Waals surface area contributed by atoms with Crippen molar-refractivity contribution in [1.82, 2.24) is 0 Å². The number of hydrogen-bond acceptors (Lipinski definition) is 2. The lowest BCUT2D eigenvalue weighted by atomic mass is 9.88. The van der Waals surface area contributed by atoms with Gasteiger partial charge in [-0.15, -0.1) is 0 Å². The second kappa shape index (κ2) is 5.78. The molecular weight excluding hydrogens is 248 g/mol. The Morgan fingerprint density at radius 2 is 1.65 bits per heavy atom. The maximum absolute atomic E-state index is 10.3. The zero-order valence-electron chi connectivity index (χ0n) is 12.4. The summed E-state index contributed by atoms with van der Waals surface area (Å²) in [6.45, 7) is 5.69. The van der Waals surface area contributed by atoms with Crippen molar-refractivity contribution in [3.05, 3.63) is 70.3 Å². The van der Waals surface area contributed by atoms with Gasteiger partial charge in [0.15, 0.2) is 0 Å². The van der Waals surface area contributed by atoms with Gasteiger partial charge in [0, 0.05) is 0 Å². The molecule has 2 nitrogen and oxygen atoms in total. The minimum atomic E-state index is -0.861. The van der Waals surface area contributed by atoms with E-state index in [-0.39, 0.29) is 6.61 Å². The summed E-state index contributed by atoms with van der Waals surface area (Å²) >= 11 is 0. The predicted molar refractivity (Wildman–Crippen MR) is 81.6 cm³/mol. The highest BCUT2D eigenvalue weighted by Crippen LogP contribution is 2.26. The molecule has 2 N–H and O–H groups in total. The van der Waals surface area contributed by atoms with Crippen molar-refractivity contribution in [3.8, 4) is 0 Å². The summed E-state index contributed by atoms with van der Waals surface area (Å²) in [6.07, 6.45) is 0.720. The second-order valence-electron chi connectivity index (χ2n) is 5.82. The molecule has 0 aliphatic heterocycles. The van der Waals surface area contributed by atoms with Crippen molar-refractivity contribution in [2.75, 3.05) is 0 Å². The first-order chi connectivity index (χ1) is 9.41. The van der Waals surface area contributed by atoms with Crippen molar-refractivity contribution in [1.29, 1.82) is 0 Å². The monoisotopic (exact) mass is 270 g/mol. The number of aliphatic hydroxyl groups is 2. The Hall–Kier alpha value is -1.64. The molecule has 0 bridgehead atoms. The minimum Gasteiger partial charge on any atom is -0.392 e. The predicted octanol–water partition coefficient (Wildman–Crippen LogP) is 3.31. The zero-order valence-corrected chi connectivity index (χ0v) is 12.4. The zero-order chi connectivity index (χ0) is 14.8. The largest absolute Gasteiger partial charge is 0.392 e. The lowest BCUT2D eigenvalue weighted by Gasteiger charge is -2.22. The van der Waals surface area contributed by atoms with Gasteiger partial charge in [-0.2, -0.15) is 0 Å². The normalized spacial score (nSPS) is 11.7. The lowest BCUT2D eigenvalue weighted by Crippen LogP contribution is -2.18. The molecule has 0 fully saturated rings. The highest BCUT2D eigenvalue weighted by atomic mass is 16.3. The first-order valence-corrected chi connectivity index (χ1v) is 6.92. The van der Waals surface area contributed by atoms with Gasteiger partial charge in [0.05, 0.1) is 12.2 Å². The fourth-order valence-corrected chi connectivity index (χ4v) is 2.55. The summed E-state index contributed by atoms with van der Waals surface area (Å²) in [4.78, 5) is 0. The number of hydrogen-bond donors (Lipinski definition) is 2. The van der Waals surface area contributed by atoms with Gasteiger partial charge in [-0.25, -0.2) is 0 Å². The van der Waals surface area contributed by atoms with Crippen molar-refractivity contribution in [3.63, 3.8) is 0 Å². The molecule has 0 aliphatic carbocycles. The Balaban J connectivity index is 2.43. The molecule has 106 valence electrons. The highest BCUT2D eigenvalue weighted by Gasteiger charge is 2.19. The number of aliphatic hydroxyl groups excluding tert-OH is 1. The average molecular weight is 270 g/mol. The molecule has 20 heavy (non-hydrogen) atoms. The first-order valence-electron chi connectivity index (χ1n) is 6.92. The van der Waals surface area contributed by atoms with Gasteiger partial charge in [0.25, 0.3) is 0 Å². The van der Waals surface area contributed by atoms with E-state index in [9.17, 15) is 10.2 Å². The summed E-state index contributed by atoms with van der Waals surface area (Å²) in [5, 5.41) is 19.7. The van der Waals surface area contributed by atoms with E-state index in [4.69, 9.17) is 0 Å². The lowest BCUT2D eigenvalue weighted by molar-refractivity contribution is 0.0777. The quantitative estimate of drug-likeness (QED) is 0.895. The Kier molecular flexibility index (Phi) is 4.26. The number of benzene rings is 2. The summed E-state index contributed by atoms with van der Waals surface area (Å²) < 4.78 is 0. The van der Waals surface area contributed by atoms with Crippen LogP contribution in [-0.2, 0) is 18.6 Å². The van der Waals surface area contributed by atoms with Crippen LogP contribution in [0.2, 0.25) is 0 Å². The second-order valence-corrected chi connectivity index (χ2v) is 5.82. The van der Waals surface area contributed by atoms with Crippen LogP contribution in [0.1, 0.15) is 41.7 Å². The minimum absolute atomic E-state index is 0.0420. The fraction of sp³-hybridized carbons (Fsp3) is 0.333. The number of aryl methyl sites for hydroxylation is 1. The molecular formula is C18H22O2. The van der Waals surface area contributed by atoms with Crippen molar-refractivity contribution in [2.24, 2.45) is 0 Å². The first kappa shape index (κ1) is 14.8. The van der Waals surface area contributed by atoms with Crippen molar-refractivity contribution in [2.45, 2.75) is 39.4 Å². The van der Waals surface area contributed by atoms with Crippen molar-refractivity contribution >= 4 is 0 Å². The molecule has 0 radical (unpaired) electrons. The van der Waals surface area contributed by atoms with E-state index in [1.54, 1.807) is 13.8 Å². The summed E-state index contributed by atoms with van der Waals surface area (Å²) in [5.41, 5.74) is 4.41. The van der Waals surface area contributed by atoms with Crippen LogP contribution in [-0.4, -0.2) is 10.2 Å². The van der Waals surface area contributed by atoms with Crippen LogP contribution in [0.15, 0.2) is 42.5 Å². The van der Waals surface area contributed by atoms with Gasteiger partial charge in [0.2, 0.25) is 0 Å². The summed E-state index contributed by atoms with van der Waals surface area (Å²) in [5.74, 6) is 0. The molecule has 2 heteroatoms. The van der Waals surface area contributed by atoms with Crippen LogP contribution >= 0.6 is 0 Å². The molecule has 2 aromatic carbocycles. The van der Waals surface area contributed by atoms with E-state index in [1.807, 2.05) is 43.3 Å². The Morgan fingerprint density at radius 1 is 0.950 bits per heavy atom. The molecule has 0 heterocycles. The van der Waals surface area contributed by atoms with Gasteiger partial charge in [-0.1, -0.05) is 48.0 Å². The molecule has 0 aliphatic rings. The molecule has 0 aromatic heterocycles. The van der Waals surface area contributed by atoms with E-state index in [0.29, 0.717) is 0 Å². The molecule has 0 saturated heterocycles. The molecule has 2 rings (SSSR count). The molecule has 0 amide bonds. The Morgan fingerprint density at radius 3 is 2.30 bits per heavy atom. The van der Waals surface area contributed by atoms with Crippen LogP contribution in [0.3, 0.4) is 0 Å². The average Bonchev–Trinajstić information content (AvgIpc) is 2.38. The van der Waals surface area contributed by atoms with Crippen LogP contribution in [0.5, 0.6) is 0 Å². The Labute approximate surface area is 120 Å². The maximum Gasteiger partial charge on any atom is 0.0843 e. The standard InChI is InChI=1S/C18H22O2/c1-13-8-9-15(12-19)16(10-13)11-14-6-4-5-7-17(14)18(2,3)20/h4-10,19-20H,11-12H2,1-3H3. The van der Waals surface area contributed by atoms with Crippen molar-refractivity contribution < 1.29 is 10.2 Å². The third kappa shape index (κ3) is 3.27.